The molecule has 29 heavy (non-hydrogen) atoms. The Morgan fingerprint density at radius 2 is 1.90 bits per heavy atom. The third-order valence-corrected chi connectivity index (χ3v) is 8.83. The minimum atomic E-state index is -3.17. The Morgan fingerprint density at radius 3 is 2.48 bits per heavy atom. The fourth-order valence-corrected chi connectivity index (χ4v) is 7.85. The maximum Gasteiger partial charge on any atom is 0.251 e. The van der Waals surface area contributed by atoms with Gasteiger partial charge in [-0.1, -0.05) is 37.2 Å². The third kappa shape index (κ3) is 4.36. The summed E-state index contributed by atoms with van der Waals surface area (Å²) in [6.45, 7) is 3.92. The highest BCUT2D eigenvalue weighted by Gasteiger charge is 2.50. The van der Waals surface area contributed by atoms with Crippen molar-refractivity contribution >= 4 is 50.0 Å². The van der Waals surface area contributed by atoms with E-state index in [2.05, 4.69) is 4.99 Å². The summed E-state index contributed by atoms with van der Waals surface area (Å²) in [7, 11) is -0.142. The maximum absolute atomic E-state index is 12.7. The Morgan fingerprint density at radius 1 is 1.24 bits per heavy atom. The molecule has 0 spiro atoms. The van der Waals surface area contributed by atoms with E-state index < -0.39 is 9.84 Å². The van der Waals surface area contributed by atoms with Gasteiger partial charge in [0.2, 0.25) is 0 Å². The summed E-state index contributed by atoms with van der Waals surface area (Å²) in [6, 6.07) is 2.99. The molecule has 3 rings (SSSR count). The van der Waals surface area contributed by atoms with Crippen LogP contribution in [-0.2, 0) is 14.6 Å². The predicted molar refractivity (Wildman–Crippen MR) is 117 cm³/mol. The van der Waals surface area contributed by atoms with Crippen LogP contribution in [0.25, 0.3) is 0 Å². The predicted octanol–water partition coefficient (Wildman–Crippen LogP) is 3.39. The van der Waals surface area contributed by atoms with Gasteiger partial charge >= 0.3 is 0 Å². The van der Waals surface area contributed by atoms with Gasteiger partial charge in [0.05, 0.1) is 42.5 Å². The Labute approximate surface area is 180 Å². The van der Waals surface area contributed by atoms with E-state index in [9.17, 15) is 13.2 Å². The van der Waals surface area contributed by atoms with Crippen LogP contribution in [0.5, 0.6) is 11.5 Å². The van der Waals surface area contributed by atoms with Crippen molar-refractivity contribution in [2.24, 2.45) is 10.9 Å². The molecule has 2 atom stereocenters. The van der Waals surface area contributed by atoms with Crippen molar-refractivity contribution < 1.29 is 22.7 Å². The summed E-state index contributed by atoms with van der Waals surface area (Å²) >= 11 is 7.68. The highest BCUT2D eigenvalue weighted by atomic mass is 35.5. The van der Waals surface area contributed by atoms with Crippen LogP contribution < -0.4 is 14.4 Å². The van der Waals surface area contributed by atoms with Gasteiger partial charge in [-0.25, -0.2) is 8.42 Å². The van der Waals surface area contributed by atoms with Gasteiger partial charge in [0, 0.05) is 17.2 Å². The summed E-state index contributed by atoms with van der Waals surface area (Å²) in [5.41, 5.74) is 0.575. The normalized spacial score (nSPS) is 24.2. The van der Waals surface area contributed by atoms with E-state index in [1.54, 1.807) is 17.0 Å². The largest absolute Gasteiger partial charge is 0.495 e. The number of hydrogen-bond acceptors (Lipinski definition) is 6. The van der Waals surface area contributed by atoms with E-state index in [0.717, 1.165) is 0 Å². The molecule has 0 aliphatic carbocycles. The molecule has 2 aliphatic heterocycles. The van der Waals surface area contributed by atoms with Crippen LogP contribution in [0, 0.1) is 5.92 Å². The molecule has 7 nitrogen and oxygen atoms in total. The summed E-state index contributed by atoms with van der Waals surface area (Å²) in [5, 5.41) is 0.661. The van der Waals surface area contributed by atoms with Gasteiger partial charge in [-0.05, 0) is 18.9 Å². The van der Waals surface area contributed by atoms with E-state index in [0.29, 0.717) is 40.2 Å². The van der Waals surface area contributed by atoms with E-state index in [4.69, 9.17) is 21.1 Å². The minimum absolute atomic E-state index is 0.00430. The second kappa shape index (κ2) is 8.73. The van der Waals surface area contributed by atoms with Gasteiger partial charge in [0.1, 0.15) is 11.5 Å². The van der Waals surface area contributed by atoms with Crippen LogP contribution in [-0.4, -0.2) is 56.5 Å². The number of amides is 1. The molecular formula is C19H25ClN2O5S2. The molecule has 0 N–H and O–H groups in total. The number of nitrogens with zero attached hydrogens (tertiary/aromatic N) is 2. The first-order valence-corrected chi connectivity index (χ1v) is 12.5. The van der Waals surface area contributed by atoms with Crippen LogP contribution in [0.15, 0.2) is 17.1 Å². The molecule has 0 unspecified atom stereocenters. The lowest BCUT2D eigenvalue weighted by molar-refractivity contribution is -0.121. The van der Waals surface area contributed by atoms with Crippen molar-refractivity contribution in [2.45, 2.75) is 38.0 Å². The van der Waals surface area contributed by atoms with Crippen molar-refractivity contribution in [3.8, 4) is 11.5 Å². The topological polar surface area (TPSA) is 85.3 Å². The number of halogens is 1. The number of methoxy groups -OCH3 is 2. The summed E-state index contributed by atoms with van der Waals surface area (Å²) in [4.78, 5) is 18.9. The van der Waals surface area contributed by atoms with Gasteiger partial charge in [0.15, 0.2) is 15.0 Å². The Hall–Kier alpha value is -1.45. The molecular weight excluding hydrogens is 436 g/mol. The number of thioether (sulfide) groups is 1. The lowest BCUT2D eigenvalue weighted by Gasteiger charge is -2.27. The zero-order valence-corrected chi connectivity index (χ0v) is 19.2. The average molecular weight is 461 g/mol. The van der Waals surface area contributed by atoms with E-state index in [1.807, 2.05) is 13.8 Å². The van der Waals surface area contributed by atoms with E-state index in [-0.39, 0.29) is 34.6 Å². The number of fused-ring (bicyclic) bond motifs is 1. The zero-order chi connectivity index (χ0) is 21.3. The first kappa shape index (κ1) is 22.2. The second-order valence-corrected chi connectivity index (χ2v) is 10.8. The standard InChI is InChI=1S/C19H25ClN2O5S2/c1-5-11(6-2)18(23)21-19-22(14-9-29(24,25)10-17(14)28-19)13-7-12(20)15(26-3)8-16(13)27-4/h7-8,11,14,17H,5-6,9-10H2,1-4H3/t14-,17-/m0/s1. The third-order valence-electron chi connectivity index (χ3n) is 5.32. The quantitative estimate of drug-likeness (QED) is 0.643. The molecule has 10 heteroatoms. The van der Waals surface area contributed by atoms with Crippen LogP contribution >= 0.6 is 23.4 Å². The Bertz CT molecular complexity index is 931. The fourth-order valence-electron chi connectivity index (χ4n) is 3.70. The number of carbonyl (C=O) groups is 1. The van der Waals surface area contributed by atoms with Crippen molar-refractivity contribution in [2.75, 3.05) is 30.6 Å². The van der Waals surface area contributed by atoms with Gasteiger partial charge in [-0.3, -0.25) is 4.79 Å². The van der Waals surface area contributed by atoms with E-state index >= 15 is 0 Å². The molecule has 160 valence electrons. The lowest BCUT2D eigenvalue weighted by atomic mass is 10.0. The van der Waals surface area contributed by atoms with Gasteiger partial charge in [-0.2, -0.15) is 4.99 Å². The smallest absolute Gasteiger partial charge is 0.251 e. The molecule has 2 fully saturated rings. The first-order chi connectivity index (χ1) is 13.7. The highest BCUT2D eigenvalue weighted by Crippen LogP contribution is 2.46. The number of aliphatic imine (C=N–C) groups is 1. The average Bonchev–Trinajstić information content (AvgIpc) is 3.13. The molecule has 2 saturated heterocycles. The Kier molecular flexibility index (Phi) is 6.70. The zero-order valence-electron chi connectivity index (χ0n) is 16.8. The summed E-state index contributed by atoms with van der Waals surface area (Å²) in [6.07, 6.45) is 1.41. The van der Waals surface area contributed by atoms with Crippen LogP contribution in [0.2, 0.25) is 5.02 Å². The fraction of sp³-hybridized carbons (Fsp3) is 0.579. The SMILES string of the molecule is CCC(CC)C(=O)N=C1S[C@H]2CS(=O)(=O)C[C@@H]2N1c1cc(Cl)c(OC)cc1OC. The molecule has 1 aromatic rings. The van der Waals surface area contributed by atoms with Crippen LogP contribution in [0.3, 0.4) is 0 Å². The molecule has 1 amide bonds. The summed E-state index contributed by atoms with van der Waals surface area (Å²) < 4.78 is 35.3. The van der Waals surface area contributed by atoms with Crippen molar-refractivity contribution in [1.82, 2.24) is 0 Å². The minimum Gasteiger partial charge on any atom is -0.495 e. The number of sulfone groups is 1. The van der Waals surface area contributed by atoms with Crippen LogP contribution in [0.4, 0.5) is 5.69 Å². The van der Waals surface area contributed by atoms with Crippen molar-refractivity contribution in [1.29, 1.82) is 0 Å². The molecule has 1 aromatic carbocycles. The number of ether oxygens (including phenoxy) is 2. The summed E-state index contributed by atoms with van der Waals surface area (Å²) in [5.74, 6) is 0.624. The molecule has 0 saturated carbocycles. The highest BCUT2D eigenvalue weighted by molar-refractivity contribution is 8.16. The van der Waals surface area contributed by atoms with Gasteiger partial charge in [-0.15, -0.1) is 0 Å². The number of hydrogen-bond donors (Lipinski definition) is 0. The van der Waals surface area contributed by atoms with Gasteiger partial charge in [0.25, 0.3) is 5.91 Å². The Balaban J connectivity index is 2.10. The number of anilines is 1. The lowest BCUT2D eigenvalue weighted by Crippen LogP contribution is -2.38. The number of benzene rings is 1. The molecule has 2 heterocycles. The van der Waals surface area contributed by atoms with Crippen molar-refractivity contribution in [3.63, 3.8) is 0 Å². The molecule has 0 aromatic heterocycles. The molecule has 0 radical (unpaired) electrons. The van der Waals surface area contributed by atoms with Gasteiger partial charge < -0.3 is 14.4 Å². The second-order valence-electron chi connectivity index (χ2n) is 7.08. The number of carbonyl (C=O) groups excluding carboxylic acids is 1. The maximum atomic E-state index is 12.7. The monoisotopic (exact) mass is 460 g/mol. The van der Waals surface area contributed by atoms with Crippen molar-refractivity contribution in [3.05, 3.63) is 17.2 Å². The molecule has 0 bridgehead atoms. The number of rotatable bonds is 6. The molecule has 2 aliphatic rings. The number of amidine groups is 1. The first-order valence-electron chi connectivity index (χ1n) is 9.44. The van der Waals surface area contributed by atoms with E-state index in [1.165, 1.54) is 26.0 Å². The van der Waals surface area contributed by atoms with Crippen LogP contribution in [0.1, 0.15) is 26.7 Å².